The van der Waals surface area contributed by atoms with Gasteiger partial charge in [0.1, 0.15) is 13.2 Å². The fourth-order valence-electron chi connectivity index (χ4n) is 3.41. The van der Waals surface area contributed by atoms with E-state index in [1.807, 2.05) is 31.2 Å². The molecule has 0 saturated heterocycles. The van der Waals surface area contributed by atoms with Gasteiger partial charge in [0.05, 0.1) is 17.3 Å². The highest BCUT2D eigenvalue weighted by atomic mass is 19.2. The summed E-state index contributed by atoms with van der Waals surface area (Å²) in [6.07, 6.45) is 0. The Morgan fingerprint density at radius 3 is 2.60 bits per heavy atom. The Labute approximate surface area is 170 Å². The number of halogens is 2. The van der Waals surface area contributed by atoms with Crippen LogP contribution in [0.3, 0.4) is 0 Å². The third-order valence-electron chi connectivity index (χ3n) is 4.91. The molecule has 0 aliphatic carbocycles. The lowest BCUT2D eigenvalue weighted by Crippen LogP contribution is -2.49. The predicted molar refractivity (Wildman–Crippen MR) is 102 cm³/mol. The number of rotatable bonds is 4. The SMILES string of the molecule is Cc1ccc([C@H]2NC(=O)N(CC(=O)Nc3ccc(F)c(F)c3)C3=C2C(=O)OC3)cc1. The number of hydrogen-bond acceptors (Lipinski definition) is 4. The smallest absolute Gasteiger partial charge is 0.338 e. The maximum absolute atomic E-state index is 13.3. The number of aryl methyl sites for hydroxylation is 1. The van der Waals surface area contributed by atoms with Crippen molar-refractivity contribution in [3.05, 3.63) is 76.5 Å². The molecule has 2 heterocycles. The van der Waals surface area contributed by atoms with Gasteiger partial charge in [0, 0.05) is 11.8 Å². The highest BCUT2D eigenvalue weighted by molar-refractivity contribution is 6.00. The van der Waals surface area contributed by atoms with Crippen molar-refractivity contribution in [2.75, 3.05) is 18.5 Å². The fourth-order valence-corrected chi connectivity index (χ4v) is 3.41. The summed E-state index contributed by atoms with van der Waals surface area (Å²) in [5.74, 6) is -3.36. The topological polar surface area (TPSA) is 87.7 Å². The van der Waals surface area contributed by atoms with E-state index in [0.717, 1.165) is 22.6 Å². The van der Waals surface area contributed by atoms with Crippen molar-refractivity contribution in [2.45, 2.75) is 13.0 Å². The minimum absolute atomic E-state index is 0.0433. The normalized spacial score (nSPS) is 18.1. The average molecular weight is 413 g/mol. The highest BCUT2D eigenvalue weighted by Crippen LogP contribution is 2.35. The van der Waals surface area contributed by atoms with E-state index < -0.39 is 42.1 Å². The maximum Gasteiger partial charge on any atom is 0.338 e. The van der Waals surface area contributed by atoms with Gasteiger partial charge in [-0.25, -0.2) is 18.4 Å². The summed E-state index contributed by atoms with van der Waals surface area (Å²) in [6, 6.07) is 9.01. The zero-order valence-corrected chi connectivity index (χ0v) is 15.9. The van der Waals surface area contributed by atoms with Crippen LogP contribution in [0.25, 0.3) is 0 Å². The van der Waals surface area contributed by atoms with Crippen molar-refractivity contribution in [1.29, 1.82) is 0 Å². The van der Waals surface area contributed by atoms with E-state index in [1.165, 1.54) is 6.07 Å². The summed E-state index contributed by atoms with van der Waals surface area (Å²) in [6.45, 7) is 1.36. The molecule has 2 aliphatic rings. The Morgan fingerprint density at radius 2 is 1.90 bits per heavy atom. The van der Waals surface area contributed by atoms with Crippen molar-refractivity contribution in [3.8, 4) is 0 Å². The van der Waals surface area contributed by atoms with E-state index in [2.05, 4.69) is 10.6 Å². The number of cyclic esters (lactones) is 1. The van der Waals surface area contributed by atoms with E-state index in [9.17, 15) is 23.2 Å². The molecule has 0 radical (unpaired) electrons. The number of carbonyl (C=O) groups is 3. The molecule has 1 atom stereocenters. The quantitative estimate of drug-likeness (QED) is 0.755. The second kappa shape index (κ2) is 7.58. The van der Waals surface area contributed by atoms with Crippen LogP contribution >= 0.6 is 0 Å². The Morgan fingerprint density at radius 1 is 1.17 bits per heavy atom. The van der Waals surface area contributed by atoms with Gasteiger partial charge in [-0.3, -0.25) is 9.69 Å². The van der Waals surface area contributed by atoms with Crippen molar-refractivity contribution in [1.82, 2.24) is 10.2 Å². The van der Waals surface area contributed by atoms with Crippen LogP contribution in [0.4, 0.5) is 19.3 Å². The van der Waals surface area contributed by atoms with E-state index in [0.29, 0.717) is 11.3 Å². The van der Waals surface area contributed by atoms with Crippen molar-refractivity contribution in [3.63, 3.8) is 0 Å². The standard InChI is InChI=1S/C21H17F2N3O4/c1-11-2-4-12(5-3-11)19-18-16(10-30-20(18)28)26(21(29)25-19)9-17(27)24-13-6-7-14(22)15(23)8-13/h2-8,19H,9-10H2,1H3,(H,24,27)(H,25,29)/t19-/m1/s1. The molecule has 2 aromatic rings. The van der Waals surface area contributed by atoms with Gasteiger partial charge in [-0.1, -0.05) is 29.8 Å². The molecule has 0 unspecified atom stereocenters. The monoisotopic (exact) mass is 413 g/mol. The minimum Gasteiger partial charge on any atom is -0.456 e. The number of ether oxygens (including phenoxy) is 1. The molecule has 2 N–H and O–H groups in total. The Balaban J connectivity index is 1.58. The molecule has 4 rings (SSSR count). The third kappa shape index (κ3) is 3.61. The van der Waals surface area contributed by atoms with Crippen LogP contribution in [0.15, 0.2) is 53.7 Å². The number of nitrogens with zero attached hydrogens (tertiary/aromatic N) is 1. The molecule has 154 valence electrons. The molecule has 0 saturated carbocycles. The molecule has 0 spiro atoms. The summed E-state index contributed by atoms with van der Waals surface area (Å²) in [4.78, 5) is 38.5. The molecule has 30 heavy (non-hydrogen) atoms. The van der Waals surface area contributed by atoms with Crippen LogP contribution < -0.4 is 10.6 Å². The molecule has 0 fully saturated rings. The number of urea groups is 1. The van der Waals surface area contributed by atoms with E-state index >= 15 is 0 Å². The van der Waals surface area contributed by atoms with Crippen LogP contribution in [0.1, 0.15) is 17.2 Å². The first kappa shape index (κ1) is 19.6. The highest BCUT2D eigenvalue weighted by Gasteiger charge is 2.42. The second-order valence-corrected chi connectivity index (χ2v) is 6.99. The first-order valence-corrected chi connectivity index (χ1v) is 9.13. The number of esters is 1. The number of benzene rings is 2. The first-order chi connectivity index (χ1) is 14.3. The Kier molecular flexibility index (Phi) is 4.94. The number of anilines is 1. The fraction of sp³-hybridized carbons (Fsp3) is 0.190. The molecule has 2 aliphatic heterocycles. The van der Waals surface area contributed by atoms with Crippen LogP contribution in [0.2, 0.25) is 0 Å². The number of amides is 3. The van der Waals surface area contributed by atoms with Crippen LogP contribution in [-0.4, -0.2) is 36.0 Å². The molecule has 2 aromatic carbocycles. The molecule has 9 heteroatoms. The summed E-state index contributed by atoms with van der Waals surface area (Å²) in [7, 11) is 0. The Hall–Kier alpha value is -3.75. The van der Waals surface area contributed by atoms with E-state index in [4.69, 9.17) is 4.74 Å². The largest absolute Gasteiger partial charge is 0.456 e. The van der Waals surface area contributed by atoms with Gasteiger partial charge in [-0.15, -0.1) is 0 Å². The molecule has 0 bridgehead atoms. The zero-order chi connectivity index (χ0) is 21.4. The summed E-state index contributed by atoms with van der Waals surface area (Å²) < 4.78 is 31.5. The third-order valence-corrected chi connectivity index (χ3v) is 4.91. The van der Waals surface area contributed by atoms with Gasteiger partial charge in [0.2, 0.25) is 5.91 Å². The lowest BCUT2D eigenvalue weighted by Gasteiger charge is -2.32. The van der Waals surface area contributed by atoms with Gasteiger partial charge >= 0.3 is 12.0 Å². The summed E-state index contributed by atoms with van der Waals surface area (Å²) in [5, 5.41) is 5.13. The lowest BCUT2D eigenvalue weighted by molar-refractivity contribution is -0.136. The Bertz CT molecular complexity index is 1080. The van der Waals surface area contributed by atoms with Gasteiger partial charge in [0.25, 0.3) is 0 Å². The molecular weight excluding hydrogens is 396 g/mol. The molecule has 7 nitrogen and oxygen atoms in total. The van der Waals surface area contributed by atoms with Gasteiger partial charge in [0.15, 0.2) is 11.6 Å². The van der Waals surface area contributed by atoms with Gasteiger partial charge in [-0.2, -0.15) is 0 Å². The van der Waals surface area contributed by atoms with Crippen molar-refractivity contribution >= 4 is 23.6 Å². The molecule has 3 amide bonds. The van der Waals surface area contributed by atoms with Gasteiger partial charge < -0.3 is 15.4 Å². The lowest BCUT2D eigenvalue weighted by atomic mass is 9.95. The van der Waals surface area contributed by atoms with Crippen molar-refractivity contribution in [2.24, 2.45) is 0 Å². The molecule has 0 aromatic heterocycles. The zero-order valence-electron chi connectivity index (χ0n) is 15.9. The number of nitrogens with one attached hydrogen (secondary N) is 2. The predicted octanol–water partition coefficient (Wildman–Crippen LogP) is 2.79. The average Bonchev–Trinajstić information content (AvgIpc) is 3.09. The van der Waals surface area contributed by atoms with E-state index in [1.54, 1.807) is 0 Å². The van der Waals surface area contributed by atoms with Crippen LogP contribution in [0, 0.1) is 18.6 Å². The minimum atomic E-state index is -1.11. The van der Waals surface area contributed by atoms with Crippen LogP contribution in [-0.2, 0) is 14.3 Å². The van der Waals surface area contributed by atoms with E-state index in [-0.39, 0.29) is 17.9 Å². The first-order valence-electron chi connectivity index (χ1n) is 9.13. The second-order valence-electron chi connectivity index (χ2n) is 6.99. The maximum atomic E-state index is 13.3. The number of carbonyl (C=O) groups excluding carboxylic acids is 3. The molecular formula is C21H17F2N3O4. The van der Waals surface area contributed by atoms with Crippen molar-refractivity contribution < 1.29 is 27.9 Å². The summed E-state index contributed by atoms with van der Waals surface area (Å²) in [5.41, 5.74) is 2.35. The van der Waals surface area contributed by atoms with Crippen LogP contribution in [0.5, 0.6) is 0 Å². The van der Waals surface area contributed by atoms with Gasteiger partial charge in [-0.05, 0) is 24.6 Å². The summed E-state index contributed by atoms with van der Waals surface area (Å²) >= 11 is 0. The number of hydrogen-bond donors (Lipinski definition) is 2.